The smallest absolute Gasteiger partial charge is 0.207 e. The Hall–Kier alpha value is -1.09. The molecule has 0 N–H and O–H groups in total. The van der Waals surface area contributed by atoms with E-state index in [-0.39, 0.29) is 27.4 Å². The minimum absolute atomic E-state index is 0.00688. The van der Waals surface area contributed by atoms with Gasteiger partial charge in [-0.05, 0) is 38.0 Å². The predicted octanol–water partition coefficient (Wildman–Crippen LogP) is 3.27. The molecule has 1 aromatic carbocycles. The summed E-state index contributed by atoms with van der Waals surface area (Å²) in [5.41, 5.74) is 0.279. The molecule has 0 amide bonds. The summed E-state index contributed by atoms with van der Waals surface area (Å²) in [6.45, 7) is 7.97. The third-order valence-corrected chi connectivity index (χ3v) is 5.29. The van der Waals surface area contributed by atoms with Crippen LogP contribution in [0.5, 0.6) is 0 Å². The van der Waals surface area contributed by atoms with E-state index in [1.807, 2.05) is 33.8 Å². The highest BCUT2D eigenvalue weighted by Gasteiger charge is 2.29. The molecule has 0 saturated heterocycles. The van der Waals surface area contributed by atoms with E-state index in [0.29, 0.717) is 6.54 Å². The molecule has 4 nitrogen and oxygen atoms in total. The van der Waals surface area contributed by atoms with Gasteiger partial charge in [-0.2, -0.15) is 9.57 Å². The second-order valence-electron chi connectivity index (χ2n) is 5.32. The zero-order valence-electron chi connectivity index (χ0n) is 12.1. The van der Waals surface area contributed by atoms with Crippen molar-refractivity contribution in [3.05, 3.63) is 28.8 Å². The average Bonchev–Trinajstić information content (AvgIpc) is 2.35. The minimum atomic E-state index is -3.71. The van der Waals surface area contributed by atoms with Crippen LogP contribution in [-0.2, 0) is 10.0 Å². The van der Waals surface area contributed by atoms with Crippen molar-refractivity contribution in [2.24, 2.45) is 5.92 Å². The van der Waals surface area contributed by atoms with Crippen LogP contribution in [0, 0.1) is 17.2 Å². The van der Waals surface area contributed by atoms with Crippen LogP contribution < -0.4 is 0 Å². The monoisotopic (exact) mass is 314 g/mol. The first-order chi connectivity index (χ1) is 9.20. The molecule has 0 unspecified atom stereocenters. The second kappa shape index (κ2) is 6.57. The summed E-state index contributed by atoms with van der Waals surface area (Å²) in [4.78, 5) is -0.00688. The first kappa shape index (κ1) is 17.0. The molecule has 0 fully saturated rings. The van der Waals surface area contributed by atoms with Gasteiger partial charge in [-0.1, -0.05) is 25.4 Å². The largest absolute Gasteiger partial charge is 0.244 e. The van der Waals surface area contributed by atoms with Crippen LogP contribution in [0.15, 0.2) is 23.1 Å². The van der Waals surface area contributed by atoms with Crippen LogP contribution in [0.2, 0.25) is 5.02 Å². The fourth-order valence-corrected chi connectivity index (χ4v) is 4.15. The third-order valence-electron chi connectivity index (χ3n) is 2.77. The van der Waals surface area contributed by atoms with Crippen molar-refractivity contribution < 1.29 is 8.42 Å². The van der Waals surface area contributed by atoms with Gasteiger partial charge in [-0.25, -0.2) is 8.42 Å². The van der Waals surface area contributed by atoms with Gasteiger partial charge in [0.05, 0.1) is 16.7 Å². The minimum Gasteiger partial charge on any atom is -0.207 e. The number of nitrogens with zero attached hydrogens (tertiary/aromatic N) is 2. The Bertz CT molecular complexity index is 619. The van der Waals surface area contributed by atoms with Gasteiger partial charge in [0.15, 0.2) is 0 Å². The molecular formula is C14H19ClN2O2S. The van der Waals surface area contributed by atoms with Crippen LogP contribution in [-0.4, -0.2) is 25.3 Å². The topological polar surface area (TPSA) is 61.2 Å². The van der Waals surface area contributed by atoms with Gasteiger partial charge in [0.1, 0.15) is 4.90 Å². The normalized spacial score (nSPS) is 12.2. The fourth-order valence-electron chi connectivity index (χ4n) is 1.84. The van der Waals surface area contributed by atoms with Crippen molar-refractivity contribution >= 4 is 21.6 Å². The van der Waals surface area contributed by atoms with Crippen molar-refractivity contribution in [1.29, 1.82) is 5.26 Å². The Morgan fingerprint density at radius 1 is 1.30 bits per heavy atom. The van der Waals surface area contributed by atoms with Gasteiger partial charge in [0.2, 0.25) is 10.0 Å². The number of halogens is 1. The lowest BCUT2D eigenvalue weighted by Crippen LogP contribution is -2.39. The van der Waals surface area contributed by atoms with Gasteiger partial charge < -0.3 is 0 Å². The molecular weight excluding hydrogens is 296 g/mol. The molecule has 0 radical (unpaired) electrons. The van der Waals surface area contributed by atoms with E-state index in [4.69, 9.17) is 16.9 Å². The summed E-state index contributed by atoms with van der Waals surface area (Å²) in [5, 5.41) is 9.05. The first-order valence-electron chi connectivity index (χ1n) is 6.41. The summed E-state index contributed by atoms with van der Waals surface area (Å²) in [7, 11) is -3.71. The predicted molar refractivity (Wildman–Crippen MR) is 80.0 cm³/mol. The number of hydrogen-bond donors (Lipinski definition) is 0. The Morgan fingerprint density at radius 3 is 2.35 bits per heavy atom. The van der Waals surface area contributed by atoms with E-state index in [9.17, 15) is 8.42 Å². The average molecular weight is 315 g/mol. The molecule has 0 heterocycles. The lowest BCUT2D eigenvalue weighted by atomic mass is 10.2. The highest BCUT2D eigenvalue weighted by molar-refractivity contribution is 7.89. The first-order valence-corrected chi connectivity index (χ1v) is 8.23. The van der Waals surface area contributed by atoms with Crippen molar-refractivity contribution in [1.82, 2.24) is 4.31 Å². The molecule has 0 bridgehead atoms. The summed E-state index contributed by atoms with van der Waals surface area (Å²) >= 11 is 6.01. The van der Waals surface area contributed by atoms with Crippen molar-refractivity contribution in [2.75, 3.05) is 6.54 Å². The Balaban J connectivity index is 3.37. The van der Waals surface area contributed by atoms with E-state index in [2.05, 4.69) is 0 Å². The van der Waals surface area contributed by atoms with Crippen LogP contribution in [0.1, 0.15) is 33.3 Å². The lowest BCUT2D eigenvalue weighted by molar-refractivity contribution is 0.319. The second-order valence-corrected chi connectivity index (χ2v) is 7.59. The molecule has 0 aliphatic rings. The van der Waals surface area contributed by atoms with E-state index in [1.54, 1.807) is 0 Å². The van der Waals surface area contributed by atoms with E-state index >= 15 is 0 Å². The number of nitriles is 1. The molecule has 6 heteroatoms. The van der Waals surface area contributed by atoms with Gasteiger partial charge in [-0.3, -0.25) is 0 Å². The van der Waals surface area contributed by atoms with E-state index in [0.717, 1.165) is 0 Å². The molecule has 1 aromatic rings. The molecule has 0 aromatic heterocycles. The Morgan fingerprint density at radius 2 is 1.90 bits per heavy atom. The molecule has 20 heavy (non-hydrogen) atoms. The summed E-state index contributed by atoms with van der Waals surface area (Å²) < 4.78 is 26.9. The van der Waals surface area contributed by atoms with Gasteiger partial charge in [0, 0.05) is 12.6 Å². The molecule has 0 saturated carbocycles. The number of sulfonamides is 1. The molecule has 110 valence electrons. The summed E-state index contributed by atoms with van der Waals surface area (Å²) in [5.74, 6) is 0.199. The van der Waals surface area contributed by atoms with Crippen LogP contribution >= 0.6 is 11.6 Å². The maximum atomic E-state index is 12.7. The third kappa shape index (κ3) is 3.72. The maximum Gasteiger partial charge on any atom is 0.244 e. The highest BCUT2D eigenvalue weighted by Crippen LogP contribution is 2.27. The van der Waals surface area contributed by atoms with Crippen LogP contribution in [0.3, 0.4) is 0 Å². The lowest BCUT2D eigenvalue weighted by Gasteiger charge is -2.28. The van der Waals surface area contributed by atoms with Gasteiger partial charge in [-0.15, -0.1) is 0 Å². The van der Waals surface area contributed by atoms with E-state index < -0.39 is 10.0 Å². The molecule has 1 rings (SSSR count). The molecule has 0 spiro atoms. The molecule has 0 atom stereocenters. The molecule has 0 aliphatic heterocycles. The number of rotatable bonds is 5. The van der Waals surface area contributed by atoms with Crippen molar-refractivity contribution in [2.45, 2.75) is 38.6 Å². The Kier molecular flexibility index (Phi) is 5.58. The number of benzene rings is 1. The molecule has 0 aliphatic carbocycles. The zero-order chi connectivity index (χ0) is 15.5. The summed E-state index contributed by atoms with van der Waals surface area (Å²) in [6, 6.07) is 6.03. The quantitative estimate of drug-likeness (QED) is 0.838. The number of hydrogen-bond acceptors (Lipinski definition) is 3. The van der Waals surface area contributed by atoms with Crippen LogP contribution in [0.25, 0.3) is 0 Å². The van der Waals surface area contributed by atoms with Gasteiger partial charge in [0.25, 0.3) is 0 Å². The Labute approximate surface area is 126 Å². The van der Waals surface area contributed by atoms with Crippen molar-refractivity contribution in [3.63, 3.8) is 0 Å². The van der Waals surface area contributed by atoms with Crippen LogP contribution in [0.4, 0.5) is 0 Å². The van der Waals surface area contributed by atoms with E-state index in [1.165, 1.54) is 22.5 Å². The maximum absolute atomic E-state index is 12.7. The SMILES string of the molecule is CC(C)CN(C(C)C)S(=O)(=O)c1cc(C#N)ccc1Cl. The van der Waals surface area contributed by atoms with Gasteiger partial charge >= 0.3 is 0 Å². The highest BCUT2D eigenvalue weighted by atomic mass is 35.5. The standard InChI is InChI=1S/C14H19ClN2O2S/c1-10(2)9-17(11(3)4)20(18,19)14-7-12(8-16)5-6-13(14)15/h5-7,10-11H,9H2,1-4H3. The zero-order valence-corrected chi connectivity index (χ0v) is 13.7. The fraction of sp³-hybridized carbons (Fsp3) is 0.500. The van der Waals surface area contributed by atoms with Crippen molar-refractivity contribution in [3.8, 4) is 6.07 Å². The summed E-state index contributed by atoms with van der Waals surface area (Å²) in [6.07, 6.45) is 0.